The molecule has 0 aliphatic carbocycles. The second kappa shape index (κ2) is 9.14. The van der Waals surface area contributed by atoms with Crippen molar-refractivity contribution >= 4 is 0 Å². The van der Waals surface area contributed by atoms with Crippen LogP contribution in [-0.4, -0.2) is 15.1 Å². The van der Waals surface area contributed by atoms with Crippen molar-refractivity contribution in [2.24, 2.45) is 0 Å². The van der Waals surface area contributed by atoms with Crippen LogP contribution in [0.2, 0.25) is 0 Å². The Labute approximate surface area is 166 Å². The maximum atomic E-state index is 10.5. The average Bonchev–Trinajstić information content (AvgIpc) is 2.71. The zero-order valence-corrected chi connectivity index (χ0v) is 16.4. The van der Waals surface area contributed by atoms with Gasteiger partial charge in [0.2, 0.25) is 5.88 Å². The monoisotopic (exact) mass is 371 g/mol. The lowest BCUT2D eigenvalue weighted by atomic mass is 9.97. The highest BCUT2D eigenvalue weighted by Crippen LogP contribution is 2.27. The van der Waals surface area contributed by atoms with Gasteiger partial charge in [-0.2, -0.15) is 10.2 Å². The van der Waals surface area contributed by atoms with Crippen molar-refractivity contribution in [2.75, 3.05) is 0 Å². The molecular weight excluding hydrogens is 346 g/mol. The molecule has 0 unspecified atom stereocenters. The molecule has 0 aliphatic heterocycles. The quantitative estimate of drug-likeness (QED) is 0.618. The van der Waals surface area contributed by atoms with Gasteiger partial charge < -0.3 is 5.11 Å². The van der Waals surface area contributed by atoms with Gasteiger partial charge in [-0.05, 0) is 35.6 Å². The van der Waals surface area contributed by atoms with Crippen molar-refractivity contribution in [1.29, 1.82) is 5.26 Å². The van der Waals surface area contributed by atoms with E-state index in [4.69, 9.17) is 0 Å². The molecule has 0 saturated heterocycles. The van der Waals surface area contributed by atoms with E-state index in [0.29, 0.717) is 12.0 Å². The molecule has 0 bridgehead atoms. The first kappa shape index (κ1) is 19.6. The number of hydrogen-bond donors (Lipinski definition) is 1. The maximum absolute atomic E-state index is 10.5. The van der Waals surface area contributed by atoms with E-state index in [-0.39, 0.29) is 5.88 Å². The minimum Gasteiger partial charge on any atom is -0.493 e. The summed E-state index contributed by atoms with van der Waals surface area (Å²) in [5.74, 6) is 0.816. The standard InChI is InChI=1S/C24H25N3O/c1-3-7-22-21(24(28)27-23(26-22)8-4-2)15-17-11-13-18(14-12-17)20-10-6-5-9-19(20)16-25/h5-6,9-14H,3-4,7-8,15H2,1-2H3,(H,26,27,28). The molecule has 0 radical (unpaired) electrons. The topological polar surface area (TPSA) is 69.8 Å². The predicted molar refractivity (Wildman–Crippen MR) is 111 cm³/mol. The molecule has 2 aromatic carbocycles. The maximum Gasteiger partial charge on any atom is 0.218 e. The third-order valence-corrected chi connectivity index (χ3v) is 4.77. The summed E-state index contributed by atoms with van der Waals surface area (Å²) in [7, 11) is 0. The largest absolute Gasteiger partial charge is 0.493 e. The minimum atomic E-state index is 0.0980. The van der Waals surface area contributed by atoms with Gasteiger partial charge in [-0.1, -0.05) is 62.7 Å². The number of nitriles is 1. The number of hydrogen-bond acceptors (Lipinski definition) is 4. The highest BCUT2D eigenvalue weighted by Gasteiger charge is 2.14. The summed E-state index contributed by atoms with van der Waals surface area (Å²) >= 11 is 0. The number of aromatic hydroxyl groups is 1. The summed E-state index contributed by atoms with van der Waals surface area (Å²) in [6.07, 6.45) is 4.12. The molecule has 0 amide bonds. The van der Waals surface area contributed by atoms with E-state index < -0.39 is 0 Å². The molecular formula is C24H25N3O. The number of aryl methyl sites for hydroxylation is 2. The van der Waals surface area contributed by atoms with Crippen LogP contribution in [0.1, 0.15) is 54.9 Å². The Kier molecular flexibility index (Phi) is 6.39. The van der Waals surface area contributed by atoms with E-state index in [1.165, 1.54) is 0 Å². The normalized spacial score (nSPS) is 10.6. The highest BCUT2D eigenvalue weighted by molar-refractivity contribution is 5.70. The van der Waals surface area contributed by atoms with Gasteiger partial charge in [0.15, 0.2) is 0 Å². The number of benzene rings is 2. The first-order valence-electron chi connectivity index (χ1n) is 9.82. The van der Waals surface area contributed by atoms with E-state index >= 15 is 0 Å². The van der Waals surface area contributed by atoms with Gasteiger partial charge in [-0.3, -0.25) is 0 Å². The molecule has 3 aromatic rings. The van der Waals surface area contributed by atoms with Crippen molar-refractivity contribution in [1.82, 2.24) is 9.97 Å². The Hall–Kier alpha value is -3.19. The summed E-state index contributed by atoms with van der Waals surface area (Å²) in [4.78, 5) is 8.99. The first-order valence-corrected chi connectivity index (χ1v) is 9.82. The molecule has 0 aliphatic rings. The molecule has 1 N–H and O–H groups in total. The molecule has 1 aromatic heterocycles. The minimum absolute atomic E-state index is 0.0980. The number of nitrogens with zero attached hydrogens (tertiary/aromatic N) is 3. The number of aromatic nitrogens is 2. The summed E-state index contributed by atoms with van der Waals surface area (Å²) in [6.45, 7) is 4.20. The predicted octanol–water partition coefficient (Wildman–Crippen LogP) is 5.22. The van der Waals surface area contributed by atoms with Gasteiger partial charge in [0.1, 0.15) is 5.82 Å². The van der Waals surface area contributed by atoms with Crippen LogP contribution in [0.15, 0.2) is 48.5 Å². The summed E-state index contributed by atoms with van der Waals surface area (Å²) in [5, 5.41) is 19.8. The Morgan fingerprint density at radius 3 is 2.32 bits per heavy atom. The molecule has 3 rings (SSSR count). The van der Waals surface area contributed by atoms with Crippen LogP contribution >= 0.6 is 0 Å². The molecule has 0 atom stereocenters. The van der Waals surface area contributed by atoms with Crippen LogP contribution in [0.25, 0.3) is 11.1 Å². The SMILES string of the molecule is CCCc1nc(O)c(Cc2ccc(-c3ccccc3C#N)cc2)c(CCC)n1. The van der Waals surface area contributed by atoms with Crippen molar-refractivity contribution in [3.8, 4) is 23.1 Å². The van der Waals surface area contributed by atoms with E-state index in [1.807, 2.05) is 48.5 Å². The van der Waals surface area contributed by atoms with Crippen molar-refractivity contribution in [2.45, 2.75) is 46.0 Å². The Morgan fingerprint density at radius 1 is 0.929 bits per heavy atom. The van der Waals surface area contributed by atoms with Crippen molar-refractivity contribution in [3.05, 3.63) is 76.7 Å². The van der Waals surface area contributed by atoms with Crippen LogP contribution in [-0.2, 0) is 19.3 Å². The molecule has 142 valence electrons. The fraction of sp³-hybridized carbons (Fsp3) is 0.292. The molecule has 4 heteroatoms. The van der Waals surface area contributed by atoms with Crippen LogP contribution in [0, 0.1) is 11.3 Å². The van der Waals surface area contributed by atoms with Crippen LogP contribution in [0.4, 0.5) is 0 Å². The van der Waals surface area contributed by atoms with Crippen LogP contribution in [0.5, 0.6) is 5.88 Å². The van der Waals surface area contributed by atoms with Crippen molar-refractivity contribution < 1.29 is 5.11 Å². The van der Waals surface area contributed by atoms with Gasteiger partial charge in [-0.15, -0.1) is 0 Å². The third-order valence-electron chi connectivity index (χ3n) is 4.77. The van der Waals surface area contributed by atoms with Crippen LogP contribution in [0.3, 0.4) is 0 Å². The molecule has 0 spiro atoms. The zero-order chi connectivity index (χ0) is 19.9. The lowest BCUT2D eigenvalue weighted by molar-refractivity contribution is 0.439. The summed E-state index contributed by atoms with van der Waals surface area (Å²) < 4.78 is 0. The van der Waals surface area contributed by atoms with Gasteiger partial charge in [0, 0.05) is 18.4 Å². The van der Waals surface area contributed by atoms with Gasteiger partial charge >= 0.3 is 0 Å². The van der Waals surface area contributed by atoms with Gasteiger partial charge in [-0.25, -0.2) is 4.98 Å². The van der Waals surface area contributed by atoms with Gasteiger partial charge in [0.05, 0.1) is 17.3 Å². The lowest BCUT2D eigenvalue weighted by Crippen LogP contribution is -2.06. The fourth-order valence-corrected chi connectivity index (χ4v) is 3.37. The van der Waals surface area contributed by atoms with E-state index in [0.717, 1.165) is 59.5 Å². The molecule has 0 fully saturated rings. The Bertz CT molecular complexity index is 988. The summed E-state index contributed by atoms with van der Waals surface area (Å²) in [5.41, 5.74) is 5.44. The molecule has 1 heterocycles. The molecule has 4 nitrogen and oxygen atoms in total. The second-order valence-corrected chi connectivity index (χ2v) is 6.92. The Morgan fingerprint density at radius 2 is 1.64 bits per heavy atom. The second-order valence-electron chi connectivity index (χ2n) is 6.92. The molecule has 28 heavy (non-hydrogen) atoms. The van der Waals surface area contributed by atoms with Crippen molar-refractivity contribution in [3.63, 3.8) is 0 Å². The van der Waals surface area contributed by atoms with Gasteiger partial charge in [0.25, 0.3) is 0 Å². The third kappa shape index (κ3) is 4.37. The Balaban J connectivity index is 1.89. The first-order chi connectivity index (χ1) is 13.7. The summed E-state index contributed by atoms with van der Waals surface area (Å²) in [6, 6.07) is 18.0. The van der Waals surface area contributed by atoms with E-state index in [2.05, 4.69) is 29.9 Å². The average molecular weight is 371 g/mol. The molecule has 0 saturated carbocycles. The van der Waals surface area contributed by atoms with Crippen LogP contribution < -0.4 is 0 Å². The lowest BCUT2D eigenvalue weighted by Gasteiger charge is -2.12. The van der Waals surface area contributed by atoms with E-state index in [9.17, 15) is 10.4 Å². The zero-order valence-electron chi connectivity index (χ0n) is 16.4. The smallest absolute Gasteiger partial charge is 0.218 e. The number of rotatable bonds is 7. The fourth-order valence-electron chi connectivity index (χ4n) is 3.37. The highest BCUT2D eigenvalue weighted by atomic mass is 16.3. The van der Waals surface area contributed by atoms with E-state index in [1.54, 1.807) is 0 Å².